The van der Waals surface area contributed by atoms with Crippen LogP contribution in [0.2, 0.25) is 0 Å². The van der Waals surface area contributed by atoms with Gasteiger partial charge in [-0.2, -0.15) is 0 Å². The van der Waals surface area contributed by atoms with E-state index >= 15 is 0 Å². The van der Waals surface area contributed by atoms with E-state index in [1.165, 1.54) is 6.07 Å². The molecule has 0 unspecified atom stereocenters. The molecule has 1 aliphatic heterocycles. The van der Waals surface area contributed by atoms with Crippen LogP contribution in [0.15, 0.2) is 42.7 Å². The first-order chi connectivity index (χ1) is 13.0. The lowest BCUT2D eigenvalue weighted by molar-refractivity contribution is 0.102. The molecule has 0 spiro atoms. The highest BCUT2D eigenvalue weighted by Crippen LogP contribution is 2.25. The van der Waals surface area contributed by atoms with Crippen LogP contribution in [0.3, 0.4) is 0 Å². The largest absolute Gasteiger partial charge is 0.427 e. The van der Waals surface area contributed by atoms with E-state index in [2.05, 4.69) is 15.6 Å². The van der Waals surface area contributed by atoms with Gasteiger partial charge in [0.2, 0.25) is 0 Å². The maximum Gasteiger partial charge on any atom is 0.417 e. The monoisotopic (exact) mass is 405 g/mol. The van der Waals surface area contributed by atoms with Crippen LogP contribution >= 0.6 is 12.4 Å². The second kappa shape index (κ2) is 8.04. The van der Waals surface area contributed by atoms with E-state index in [0.717, 1.165) is 25.9 Å². The number of fused-ring (bicyclic) bond motifs is 1. The molecule has 0 aliphatic carbocycles. The minimum absolute atomic E-state index is 0. The molecule has 1 amide bonds. The van der Waals surface area contributed by atoms with E-state index in [0.29, 0.717) is 28.1 Å². The molecular weight excluding hydrogens is 386 g/mol. The molecule has 9 heteroatoms. The number of hydrogen-bond donors (Lipinski definition) is 3. The van der Waals surface area contributed by atoms with Crippen molar-refractivity contribution < 1.29 is 13.6 Å². The van der Waals surface area contributed by atoms with Crippen molar-refractivity contribution in [1.82, 2.24) is 10.3 Å². The molecule has 8 nitrogen and oxygen atoms in total. The number of aryl methyl sites for hydroxylation is 1. The lowest BCUT2D eigenvalue weighted by Gasteiger charge is -2.21. The van der Waals surface area contributed by atoms with Crippen LogP contribution in [0, 0.1) is 6.92 Å². The summed E-state index contributed by atoms with van der Waals surface area (Å²) >= 11 is 0. The number of aromatic nitrogens is 1. The SMILES string of the molecule is Cc1cc(C2CCNCC2)oc(=O)c1C(=O)Nc1ccc2[nH]c(=O)oc2c1.Cl. The zero-order valence-electron chi connectivity index (χ0n) is 15.2. The van der Waals surface area contributed by atoms with Gasteiger partial charge in [0.25, 0.3) is 5.91 Å². The Morgan fingerprint density at radius 2 is 1.89 bits per heavy atom. The second-order valence-electron chi connectivity index (χ2n) is 6.70. The third kappa shape index (κ3) is 3.88. The van der Waals surface area contributed by atoms with Crippen molar-refractivity contribution >= 4 is 35.1 Å². The molecular formula is C19H20ClN3O5. The summed E-state index contributed by atoms with van der Waals surface area (Å²) in [5, 5.41) is 5.93. The number of aromatic amines is 1. The fourth-order valence-electron chi connectivity index (χ4n) is 3.43. The highest BCUT2D eigenvalue weighted by molar-refractivity contribution is 6.05. The molecule has 2 aromatic heterocycles. The third-order valence-corrected chi connectivity index (χ3v) is 4.82. The fraction of sp³-hybridized carbons (Fsp3) is 0.316. The van der Waals surface area contributed by atoms with Gasteiger partial charge in [0, 0.05) is 17.7 Å². The number of hydrogen-bond acceptors (Lipinski definition) is 6. The zero-order valence-corrected chi connectivity index (χ0v) is 16.0. The van der Waals surface area contributed by atoms with Gasteiger partial charge in [0.15, 0.2) is 5.58 Å². The molecule has 0 atom stereocenters. The Balaban J connectivity index is 0.00000225. The van der Waals surface area contributed by atoms with Crippen LogP contribution < -0.4 is 22.0 Å². The average molecular weight is 406 g/mol. The molecule has 1 aliphatic rings. The summed E-state index contributed by atoms with van der Waals surface area (Å²) in [4.78, 5) is 38.8. The number of rotatable bonds is 3. The summed E-state index contributed by atoms with van der Waals surface area (Å²) < 4.78 is 10.4. The van der Waals surface area contributed by atoms with Crippen molar-refractivity contribution in [3.05, 3.63) is 62.1 Å². The number of halogens is 1. The number of carbonyl (C=O) groups is 1. The maximum absolute atomic E-state index is 12.6. The van der Waals surface area contributed by atoms with Gasteiger partial charge in [0.1, 0.15) is 11.3 Å². The smallest absolute Gasteiger partial charge is 0.417 e. The summed E-state index contributed by atoms with van der Waals surface area (Å²) in [7, 11) is 0. The Hall–Kier alpha value is -2.84. The van der Waals surface area contributed by atoms with Gasteiger partial charge in [-0.15, -0.1) is 12.4 Å². The Labute approximate surface area is 165 Å². The van der Waals surface area contributed by atoms with Gasteiger partial charge < -0.3 is 19.5 Å². The molecule has 1 saturated heterocycles. The molecule has 0 bridgehead atoms. The minimum atomic E-state index is -0.643. The average Bonchev–Trinajstić information content (AvgIpc) is 3.01. The highest BCUT2D eigenvalue weighted by atomic mass is 35.5. The third-order valence-electron chi connectivity index (χ3n) is 4.82. The summed E-state index contributed by atoms with van der Waals surface area (Å²) in [6, 6.07) is 6.53. The Kier molecular flexibility index (Phi) is 5.71. The van der Waals surface area contributed by atoms with Crippen molar-refractivity contribution in [3.8, 4) is 0 Å². The van der Waals surface area contributed by atoms with Gasteiger partial charge in [-0.05, 0) is 56.6 Å². The van der Waals surface area contributed by atoms with Crippen molar-refractivity contribution in [2.45, 2.75) is 25.7 Å². The van der Waals surface area contributed by atoms with Crippen LogP contribution in [0.1, 0.15) is 40.4 Å². The lowest BCUT2D eigenvalue weighted by atomic mass is 9.94. The number of piperidine rings is 1. The van der Waals surface area contributed by atoms with Gasteiger partial charge >= 0.3 is 11.4 Å². The zero-order chi connectivity index (χ0) is 19.0. The molecule has 3 aromatic rings. The Morgan fingerprint density at radius 1 is 1.14 bits per heavy atom. The molecule has 3 heterocycles. The first-order valence-electron chi connectivity index (χ1n) is 8.81. The molecule has 28 heavy (non-hydrogen) atoms. The predicted octanol–water partition coefficient (Wildman–Crippen LogP) is 2.52. The van der Waals surface area contributed by atoms with E-state index in [1.807, 2.05) is 0 Å². The minimum Gasteiger partial charge on any atom is -0.427 e. The van der Waals surface area contributed by atoms with Crippen LogP contribution in [-0.2, 0) is 0 Å². The van der Waals surface area contributed by atoms with Crippen LogP contribution in [0.5, 0.6) is 0 Å². The normalized spacial score (nSPS) is 14.6. The van der Waals surface area contributed by atoms with Gasteiger partial charge in [-0.25, -0.2) is 9.59 Å². The molecule has 148 valence electrons. The number of anilines is 1. The molecule has 1 fully saturated rings. The van der Waals surface area contributed by atoms with Gasteiger partial charge in [-0.3, -0.25) is 9.78 Å². The standard InChI is InChI=1S/C19H19N3O5.ClH/c1-10-8-14(11-4-6-20-7-5-11)26-18(24)16(10)17(23)21-12-2-3-13-15(9-12)27-19(25)22-13;/h2-3,8-9,11,20H,4-7H2,1H3,(H,21,23)(H,22,25);1H. The molecule has 3 N–H and O–H groups in total. The summed E-state index contributed by atoms with van der Waals surface area (Å²) in [5.41, 5.74) is 1.17. The number of amides is 1. The Bertz CT molecular complexity index is 1120. The molecule has 1 aromatic carbocycles. The summed E-state index contributed by atoms with van der Waals surface area (Å²) in [6.07, 6.45) is 1.80. The van der Waals surface area contributed by atoms with E-state index in [9.17, 15) is 14.4 Å². The Morgan fingerprint density at radius 3 is 2.61 bits per heavy atom. The van der Waals surface area contributed by atoms with Crippen molar-refractivity contribution in [2.75, 3.05) is 18.4 Å². The number of H-pyrrole nitrogens is 1. The number of oxazole rings is 1. The van der Waals surface area contributed by atoms with Crippen molar-refractivity contribution in [2.24, 2.45) is 0 Å². The van der Waals surface area contributed by atoms with Crippen LogP contribution in [0.4, 0.5) is 5.69 Å². The van der Waals surface area contributed by atoms with Crippen molar-refractivity contribution in [3.63, 3.8) is 0 Å². The first-order valence-corrected chi connectivity index (χ1v) is 8.81. The summed E-state index contributed by atoms with van der Waals surface area (Å²) in [5.74, 6) is -0.312. The quantitative estimate of drug-likeness (QED) is 0.616. The van der Waals surface area contributed by atoms with E-state index in [-0.39, 0.29) is 23.9 Å². The number of benzene rings is 1. The fourth-order valence-corrected chi connectivity index (χ4v) is 3.43. The van der Waals surface area contributed by atoms with Gasteiger partial charge in [0.05, 0.1) is 5.52 Å². The van der Waals surface area contributed by atoms with Crippen molar-refractivity contribution in [1.29, 1.82) is 0 Å². The van der Waals surface area contributed by atoms with Crippen LogP contribution in [-0.4, -0.2) is 24.0 Å². The lowest BCUT2D eigenvalue weighted by Crippen LogP contribution is -2.28. The second-order valence-corrected chi connectivity index (χ2v) is 6.70. The molecule has 4 rings (SSSR count). The molecule has 0 radical (unpaired) electrons. The maximum atomic E-state index is 12.6. The number of carbonyl (C=O) groups excluding carboxylic acids is 1. The molecule has 0 saturated carbocycles. The topological polar surface area (TPSA) is 117 Å². The predicted molar refractivity (Wildman–Crippen MR) is 107 cm³/mol. The summed E-state index contributed by atoms with van der Waals surface area (Å²) in [6.45, 7) is 3.49. The van der Waals surface area contributed by atoms with E-state index in [1.54, 1.807) is 25.1 Å². The van der Waals surface area contributed by atoms with Gasteiger partial charge in [-0.1, -0.05) is 0 Å². The number of nitrogens with one attached hydrogen (secondary N) is 3. The van der Waals surface area contributed by atoms with Crippen LogP contribution in [0.25, 0.3) is 11.1 Å². The highest BCUT2D eigenvalue weighted by Gasteiger charge is 2.22. The first kappa shape index (κ1) is 19.9. The van der Waals surface area contributed by atoms with E-state index in [4.69, 9.17) is 8.83 Å². The van der Waals surface area contributed by atoms with E-state index < -0.39 is 17.3 Å².